The number of hydrazine groups is 1. The Morgan fingerprint density at radius 2 is 1.85 bits per heavy atom. The van der Waals surface area contributed by atoms with E-state index < -0.39 is 23.6 Å². The Hall–Kier alpha value is -3.56. The molecular weight excluding hydrogens is 363 g/mol. The van der Waals surface area contributed by atoms with E-state index in [0.29, 0.717) is 5.69 Å². The van der Waals surface area contributed by atoms with Crippen molar-refractivity contribution in [3.05, 3.63) is 71.3 Å². The molecule has 10 heteroatoms. The number of carbonyl (C=O) groups excluding carboxylic acids is 2. The van der Waals surface area contributed by atoms with Crippen LogP contribution in [0.25, 0.3) is 5.69 Å². The molecule has 140 valence electrons. The monoisotopic (exact) mass is 377 g/mol. The van der Waals surface area contributed by atoms with Crippen LogP contribution >= 0.6 is 0 Å². The Morgan fingerprint density at radius 3 is 2.52 bits per heavy atom. The lowest BCUT2D eigenvalue weighted by molar-refractivity contribution is -0.137. The van der Waals surface area contributed by atoms with E-state index in [4.69, 9.17) is 0 Å². The molecule has 0 bridgehead atoms. The third kappa shape index (κ3) is 3.84. The zero-order valence-electron chi connectivity index (χ0n) is 14.0. The highest BCUT2D eigenvalue weighted by molar-refractivity contribution is 5.98. The first-order valence-corrected chi connectivity index (χ1v) is 7.73. The molecular formula is C17H14F3N5O2. The van der Waals surface area contributed by atoms with E-state index in [-0.39, 0.29) is 16.9 Å². The average Bonchev–Trinajstić information content (AvgIpc) is 3.28. The van der Waals surface area contributed by atoms with Crippen molar-refractivity contribution in [3.8, 4) is 5.69 Å². The van der Waals surface area contributed by atoms with Crippen LogP contribution in [0.15, 0.2) is 48.8 Å². The normalized spacial score (nSPS) is 11.3. The molecule has 0 atom stereocenters. The first kappa shape index (κ1) is 18.2. The van der Waals surface area contributed by atoms with Gasteiger partial charge >= 0.3 is 6.18 Å². The van der Waals surface area contributed by atoms with Gasteiger partial charge in [-0.3, -0.25) is 20.4 Å². The maximum Gasteiger partial charge on any atom is 0.416 e. The van der Waals surface area contributed by atoms with Crippen LogP contribution < -0.4 is 10.9 Å². The van der Waals surface area contributed by atoms with Crippen molar-refractivity contribution in [2.24, 2.45) is 0 Å². The summed E-state index contributed by atoms with van der Waals surface area (Å²) in [6.45, 7) is 1.54. The number of hydrogen-bond donors (Lipinski definition) is 3. The van der Waals surface area contributed by atoms with E-state index in [1.54, 1.807) is 12.3 Å². The van der Waals surface area contributed by atoms with E-state index in [9.17, 15) is 22.8 Å². The molecule has 0 unspecified atom stereocenters. The number of carbonyl (C=O) groups is 2. The fourth-order valence-corrected chi connectivity index (χ4v) is 2.43. The highest BCUT2D eigenvalue weighted by Gasteiger charge is 2.30. The van der Waals surface area contributed by atoms with Crippen molar-refractivity contribution < 1.29 is 22.8 Å². The van der Waals surface area contributed by atoms with Crippen LogP contribution in [-0.2, 0) is 6.18 Å². The summed E-state index contributed by atoms with van der Waals surface area (Å²) in [4.78, 5) is 26.7. The largest absolute Gasteiger partial charge is 0.416 e. The molecule has 0 spiro atoms. The SMILES string of the molecule is Cc1c(C(=O)NNC(=O)c2ccc[nH]2)cnn1-c1cccc(C(F)(F)F)c1. The molecule has 0 radical (unpaired) electrons. The van der Waals surface area contributed by atoms with Crippen LogP contribution in [0.3, 0.4) is 0 Å². The summed E-state index contributed by atoms with van der Waals surface area (Å²) in [5.74, 6) is -1.19. The van der Waals surface area contributed by atoms with E-state index in [0.717, 1.165) is 12.1 Å². The number of halogens is 3. The standard InChI is InChI=1S/C17H14F3N5O2/c1-10-13(15(26)23-24-16(27)14-6-3-7-21-14)9-22-25(10)12-5-2-4-11(8-12)17(18,19)20/h2-9,21H,1H3,(H,23,26)(H,24,27). The Kier molecular flexibility index (Phi) is 4.72. The van der Waals surface area contributed by atoms with Gasteiger partial charge in [0.2, 0.25) is 0 Å². The summed E-state index contributed by atoms with van der Waals surface area (Å²) >= 11 is 0. The summed E-state index contributed by atoms with van der Waals surface area (Å²) in [5, 5.41) is 3.98. The predicted octanol–water partition coefficient (Wildman–Crippen LogP) is 2.60. The molecule has 2 aromatic heterocycles. The van der Waals surface area contributed by atoms with Gasteiger partial charge < -0.3 is 4.98 Å². The van der Waals surface area contributed by atoms with Crippen LogP contribution in [-0.4, -0.2) is 26.6 Å². The molecule has 0 saturated heterocycles. The maximum absolute atomic E-state index is 12.9. The van der Waals surface area contributed by atoms with Crippen molar-refractivity contribution in [2.45, 2.75) is 13.1 Å². The van der Waals surface area contributed by atoms with Gasteiger partial charge in [0, 0.05) is 6.20 Å². The molecule has 3 aromatic rings. The number of amides is 2. The second-order valence-corrected chi connectivity index (χ2v) is 5.60. The third-order valence-electron chi connectivity index (χ3n) is 3.80. The van der Waals surface area contributed by atoms with Crippen LogP contribution in [0.5, 0.6) is 0 Å². The number of benzene rings is 1. The molecule has 0 aliphatic carbocycles. The lowest BCUT2D eigenvalue weighted by Gasteiger charge is -2.10. The lowest BCUT2D eigenvalue weighted by Crippen LogP contribution is -2.41. The van der Waals surface area contributed by atoms with Gasteiger partial charge in [-0.2, -0.15) is 18.3 Å². The number of nitrogens with zero attached hydrogens (tertiary/aromatic N) is 2. The van der Waals surface area contributed by atoms with Gasteiger partial charge in [0.25, 0.3) is 11.8 Å². The topological polar surface area (TPSA) is 91.8 Å². The molecule has 0 aliphatic heterocycles. The van der Waals surface area contributed by atoms with E-state index in [2.05, 4.69) is 20.9 Å². The van der Waals surface area contributed by atoms with Gasteiger partial charge in [0.15, 0.2) is 0 Å². The fraction of sp³-hybridized carbons (Fsp3) is 0.118. The van der Waals surface area contributed by atoms with E-state index >= 15 is 0 Å². The number of rotatable bonds is 3. The van der Waals surface area contributed by atoms with E-state index in [1.165, 1.54) is 36.0 Å². The number of aromatic nitrogens is 3. The molecule has 3 N–H and O–H groups in total. The van der Waals surface area contributed by atoms with Crippen molar-refractivity contribution in [3.63, 3.8) is 0 Å². The Balaban J connectivity index is 1.77. The maximum atomic E-state index is 12.9. The molecule has 2 heterocycles. The quantitative estimate of drug-likeness (QED) is 0.613. The minimum Gasteiger partial charge on any atom is -0.357 e. The molecule has 0 aliphatic rings. The van der Waals surface area contributed by atoms with Crippen molar-refractivity contribution >= 4 is 11.8 Å². The smallest absolute Gasteiger partial charge is 0.357 e. The summed E-state index contributed by atoms with van der Waals surface area (Å²) in [5.41, 5.74) is 4.50. The summed E-state index contributed by atoms with van der Waals surface area (Å²) in [7, 11) is 0. The third-order valence-corrected chi connectivity index (χ3v) is 3.80. The number of H-pyrrole nitrogens is 1. The van der Waals surface area contributed by atoms with Gasteiger partial charge in [-0.1, -0.05) is 6.07 Å². The minimum atomic E-state index is -4.49. The Bertz CT molecular complexity index is 977. The van der Waals surface area contributed by atoms with Gasteiger partial charge in [0.1, 0.15) is 5.69 Å². The molecule has 0 fully saturated rings. The first-order chi connectivity index (χ1) is 12.8. The van der Waals surface area contributed by atoms with Crippen LogP contribution in [0.2, 0.25) is 0 Å². The fourth-order valence-electron chi connectivity index (χ4n) is 2.43. The Labute approximate surface area is 151 Å². The first-order valence-electron chi connectivity index (χ1n) is 7.73. The molecule has 27 heavy (non-hydrogen) atoms. The van der Waals surface area contributed by atoms with Crippen molar-refractivity contribution in [1.29, 1.82) is 0 Å². The molecule has 3 rings (SSSR count). The molecule has 2 amide bonds. The van der Waals surface area contributed by atoms with Crippen molar-refractivity contribution in [2.75, 3.05) is 0 Å². The lowest BCUT2D eigenvalue weighted by atomic mass is 10.2. The van der Waals surface area contributed by atoms with Crippen LogP contribution in [0.4, 0.5) is 13.2 Å². The zero-order valence-corrected chi connectivity index (χ0v) is 14.0. The van der Waals surface area contributed by atoms with Crippen molar-refractivity contribution in [1.82, 2.24) is 25.6 Å². The second-order valence-electron chi connectivity index (χ2n) is 5.60. The summed E-state index contributed by atoms with van der Waals surface area (Å²) < 4.78 is 39.8. The zero-order chi connectivity index (χ0) is 19.6. The highest BCUT2D eigenvalue weighted by atomic mass is 19.4. The number of nitrogens with one attached hydrogen (secondary N) is 3. The number of hydrogen-bond acceptors (Lipinski definition) is 3. The minimum absolute atomic E-state index is 0.110. The predicted molar refractivity (Wildman–Crippen MR) is 89.0 cm³/mol. The Morgan fingerprint density at radius 1 is 1.11 bits per heavy atom. The molecule has 0 saturated carbocycles. The van der Waals surface area contributed by atoms with Gasteiger partial charge in [-0.15, -0.1) is 0 Å². The number of alkyl halides is 3. The van der Waals surface area contributed by atoms with Gasteiger partial charge in [-0.25, -0.2) is 4.68 Å². The number of aromatic amines is 1. The second kappa shape index (κ2) is 6.98. The van der Waals surface area contributed by atoms with Gasteiger partial charge in [0.05, 0.1) is 28.7 Å². The average molecular weight is 377 g/mol. The van der Waals surface area contributed by atoms with Gasteiger partial charge in [-0.05, 0) is 37.3 Å². The summed E-state index contributed by atoms with van der Waals surface area (Å²) in [6.07, 6.45) is -1.72. The molecule has 7 nitrogen and oxygen atoms in total. The summed E-state index contributed by atoms with van der Waals surface area (Å²) in [6, 6.07) is 7.75. The highest BCUT2D eigenvalue weighted by Crippen LogP contribution is 2.30. The van der Waals surface area contributed by atoms with Crippen LogP contribution in [0, 0.1) is 6.92 Å². The molecule has 1 aromatic carbocycles. The van der Waals surface area contributed by atoms with Crippen LogP contribution in [0.1, 0.15) is 32.1 Å². The van der Waals surface area contributed by atoms with E-state index in [1.807, 2.05) is 0 Å².